The molecule has 0 saturated carbocycles. The lowest BCUT2D eigenvalue weighted by atomic mass is 10.1. The van der Waals surface area contributed by atoms with E-state index in [-0.39, 0.29) is 23.8 Å². The molecule has 3 N–H and O–H groups in total. The molecule has 1 saturated heterocycles. The first-order chi connectivity index (χ1) is 16.1. The predicted molar refractivity (Wildman–Crippen MR) is 116 cm³/mol. The molecule has 1 aliphatic heterocycles. The zero-order valence-electron chi connectivity index (χ0n) is 17.2. The van der Waals surface area contributed by atoms with Crippen LogP contribution in [0.2, 0.25) is 10.2 Å². The largest absolute Gasteiger partial charge is 0.389 e. The molecular weight excluding hydrogens is 493 g/mol. The van der Waals surface area contributed by atoms with Gasteiger partial charge in [0.05, 0.1) is 29.3 Å². The molecular formula is C19H17Cl2N7O6. The summed E-state index contributed by atoms with van der Waals surface area (Å²) in [5.41, 5.74) is 0.900. The molecule has 3 aromatic rings. The summed E-state index contributed by atoms with van der Waals surface area (Å²) >= 11 is 12.0. The van der Waals surface area contributed by atoms with E-state index in [1.54, 1.807) is 12.1 Å². The summed E-state index contributed by atoms with van der Waals surface area (Å²) in [6.07, 6.45) is -0.329. The van der Waals surface area contributed by atoms with Crippen molar-refractivity contribution in [1.29, 1.82) is 0 Å². The average Bonchev–Trinajstić information content (AvgIpc) is 3.42. The van der Waals surface area contributed by atoms with Crippen LogP contribution in [0.4, 0.5) is 5.69 Å². The number of nitrogens with zero attached hydrogens (tertiary/aromatic N) is 7. The van der Waals surface area contributed by atoms with Crippen molar-refractivity contribution < 1.29 is 29.7 Å². The molecule has 1 aromatic carbocycles. The highest BCUT2D eigenvalue weighted by molar-refractivity contribution is 6.31. The summed E-state index contributed by atoms with van der Waals surface area (Å²) in [4.78, 5) is 40.1. The summed E-state index contributed by atoms with van der Waals surface area (Å²) in [6.45, 7) is -0.780. The summed E-state index contributed by atoms with van der Waals surface area (Å²) in [5.74, 6) is -0.994. The number of aldehydes is 1. The van der Waals surface area contributed by atoms with Gasteiger partial charge in [0.2, 0.25) is 11.8 Å². The Hall–Kier alpha value is -3.36. The van der Waals surface area contributed by atoms with E-state index in [9.17, 15) is 29.7 Å². The highest BCUT2D eigenvalue weighted by atomic mass is 35.5. The highest BCUT2D eigenvalue weighted by Gasteiger charge is 2.36. The number of amides is 2. The topological polar surface area (TPSA) is 167 Å². The van der Waals surface area contributed by atoms with E-state index in [2.05, 4.69) is 15.4 Å². The second-order valence-electron chi connectivity index (χ2n) is 7.38. The van der Waals surface area contributed by atoms with Gasteiger partial charge in [0, 0.05) is 17.6 Å². The lowest BCUT2D eigenvalue weighted by Gasteiger charge is -2.37. The van der Waals surface area contributed by atoms with Crippen molar-refractivity contribution in [2.75, 3.05) is 18.0 Å². The van der Waals surface area contributed by atoms with Gasteiger partial charge in [0.1, 0.15) is 19.4 Å². The second-order valence-corrected chi connectivity index (χ2v) is 8.20. The van der Waals surface area contributed by atoms with Gasteiger partial charge < -0.3 is 25.0 Å². The van der Waals surface area contributed by atoms with Crippen LogP contribution in [0.5, 0.6) is 0 Å². The van der Waals surface area contributed by atoms with Gasteiger partial charge in [-0.1, -0.05) is 28.4 Å². The molecule has 1 aliphatic rings. The number of carbonyl (C=O) groups excluding carboxylic acids is 3. The quantitative estimate of drug-likeness (QED) is 0.275. The number of aromatic nitrogens is 5. The Morgan fingerprint density at radius 3 is 2.47 bits per heavy atom. The van der Waals surface area contributed by atoms with Crippen LogP contribution in [0, 0.1) is 0 Å². The van der Waals surface area contributed by atoms with Crippen LogP contribution in [0.3, 0.4) is 0 Å². The van der Waals surface area contributed by atoms with Crippen molar-refractivity contribution in [3.8, 4) is 5.69 Å². The minimum atomic E-state index is -3.21. The van der Waals surface area contributed by atoms with Crippen molar-refractivity contribution in [3.05, 3.63) is 52.5 Å². The summed E-state index contributed by atoms with van der Waals surface area (Å²) in [5, 5.41) is 39.4. The van der Waals surface area contributed by atoms with Crippen molar-refractivity contribution >= 4 is 47.0 Å². The Morgan fingerprint density at radius 1 is 1.09 bits per heavy atom. The van der Waals surface area contributed by atoms with Crippen LogP contribution in [-0.2, 0) is 26.9 Å². The van der Waals surface area contributed by atoms with E-state index >= 15 is 0 Å². The number of hydrogen-bond donors (Lipinski definition) is 3. The molecule has 3 heterocycles. The molecule has 0 aliphatic carbocycles. The fraction of sp³-hybridized carbons (Fsp3) is 0.263. The molecule has 178 valence electrons. The number of aliphatic hydroxyl groups is 3. The summed E-state index contributed by atoms with van der Waals surface area (Å²) < 4.78 is 1.80. The molecule has 15 heteroatoms. The Labute approximate surface area is 201 Å². The molecule has 1 unspecified atom stereocenters. The van der Waals surface area contributed by atoms with Gasteiger partial charge in [-0.3, -0.25) is 14.5 Å². The maximum atomic E-state index is 13.0. The molecule has 0 radical (unpaired) electrons. The third-order valence-electron chi connectivity index (χ3n) is 5.09. The molecule has 0 bridgehead atoms. The molecule has 13 nitrogen and oxygen atoms in total. The van der Waals surface area contributed by atoms with E-state index in [4.69, 9.17) is 23.2 Å². The summed E-state index contributed by atoms with van der Waals surface area (Å²) in [7, 11) is 0. The molecule has 34 heavy (non-hydrogen) atoms. The van der Waals surface area contributed by atoms with Crippen molar-refractivity contribution in [1.82, 2.24) is 29.7 Å². The minimum absolute atomic E-state index is 0.120. The van der Waals surface area contributed by atoms with Crippen LogP contribution in [-0.4, -0.2) is 82.2 Å². The summed E-state index contributed by atoms with van der Waals surface area (Å²) in [6, 6.07) is 4.96. The second kappa shape index (κ2) is 9.12. The first-order valence-electron chi connectivity index (χ1n) is 9.72. The molecule has 2 amide bonds. The van der Waals surface area contributed by atoms with Gasteiger partial charge in [-0.2, -0.15) is 9.78 Å². The number of rotatable bonds is 7. The van der Waals surface area contributed by atoms with E-state index in [0.29, 0.717) is 27.4 Å². The maximum absolute atomic E-state index is 13.0. The Balaban J connectivity index is 1.56. The SMILES string of the molecule is O=CC(Cc1ccn(C(O)(O)O)n1)N1CC(=O)N(c2cc(Cl)ccc2-n2cc(Cl)nn2)CC1=O. The fourth-order valence-corrected chi connectivity index (χ4v) is 3.80. The van der Waals surface area contributed by atoms with Crippen LogP contribution in [0.25, 0.3) is 5.69 Å². The lowest BCUT2D eigenvalue weighted by Crippen LogP contribution is -2.58. The smallest absolute Gasteiger partial charge is 0.324 e. The molecule has 1 atom stereocenters. The zero-order valence-corrected chi connectivity index (χ0v) is 18.7. The molecule has 2 aromatic heterocycles. The van der Waals surface area contributed by atoms with E-state index < -0.39 is 30.5 Å². The average molecular weight is 510 g/mol. The Morgan fingerprint density at radius 2 is 1.85 bits per heavy atom. The number of anilines is 1. The normalized spacial score (nSPS) is 15.7. The number of piperazine rings is 1. The number of hydrogen-bond acceptors (Lipinski definition) is 9. The third kappa shape index (κ3) is 4.78. The number of carbonyl (C=O) groups is 3. The maximum Gasteiger partial charge on any atom is 0.389 e. The van der Waals surface area contributed by atoms with Crippen LogP contribution >= 0.6 is 23.2 Å². The van der Waals surface area contributed by atoms with Crippen molar-refractivity contribution in [3.63, 3.8) is 0 Å². The van der Waals surface area contributed by atoms with E-state index in [1.807, 2.05) is 0 Å². The first kappa shape index (κ1) is 23.8. The van der Waals surface area contributed by atoms with Gasteiger partial charge >= 0.3 is 6.10 Å². The monoisotopic (exact) mass is 509 g/mol. The van der Waals surface area contributed by atoms with Gasteiger partial charge in [-0.15, -0.1) is 5.10 Å². The molecule has 1 fully saturated rings. The first-order valence-corrected chi connectivity index (χ1v) is 10.5. The Kier molecular flexibility index (Phi) is 6.38. The number of benzene rings is 1. The van der Waals surface area contributed by atoms with E-state index in [1.165, 1.54) is 27.9 Å². The predicted octanol–water partition coefficient (Wildman–Crippen LogP) is -0.699. The van der Waals surface area contributed by atoms with Crippen molar-refractivity contribution in [2.24, 2.45) is 0 Å². The standard InChI is InChI=1S/C19H17Cl2N7O6/c20-11-1-2-14(27-7-16(21)22-24-27)15(5-11)26-9-17(30)25(8-18(26)31)13(10-29)6-12-3-4-28(23-12)19(32,33)34/h1-5,7,10,13,32-34H,6,8-9H2. The van der Waals surface area contributed by atoms with Crippen LogP contribution in [0.1, 0.15) is 5.69 Å². The van der Waals surface area contributed by atoms with Gasteiger partial charge in [0.15, 0.2) is 5.15 Å². The third-order valence-corrected chi connectivity index (χ3v) is 5.50. The molecule has 4 rings (SSSR count). The number of halogens is 2. The highest BCUT2D eigenvalue weighted by Crippen LogP contribution is 2.30. The van der Waals surface area contributed by atoms with Gasteiger partial charge in [0.25, 0.3) is 0 Å². The molecule has 0 spiro atoms. The lowest BCUT2D eigenvalue weighted by molar-refractivity contribution is -0.381. The zero-order chi connectivity index (χ0) is 24.6. The van der Waals surface area contributed by atoms with Crippen LogP contribution < -0.4 is 4.90 Å². The Bertz CT molecular complexity index is 1250. The van der Waals surface area contributed by atoms with Crippen molar-refractivity contribution in [2.45, 2.75) is 18.6 Å². The van der Waals surface area contributed by atoms with Gasteiger partial charge in [-0.05, 0) is 24.3 Å². The van der Waals surface area contributed by atoms with Gasteiger partial charge in [-0.25, -0.2) is 4.68 Å². The minimum Gasteiger partial charge on any atom is -0.324 e. The van der Waals surface area contributed by atoms with Crippen LogP contribution in [0.15, 0.2) is 36.7 Å². The van der Waals surface area contributed by atoms with E-state index in [0.717, 1.165) is 11.1 Å². The fourth-order valence-electron chi connectivity index (χ4n) is 3.51.